The number of thiophene rings is 1. The van der Waals surface area contributed by atoms with Crippen LogP contribution in [0.4, 0.5) is 8.78 Å². The van der Waals surface area contributed by atoms with Gasteiger partial charge in [-0.25, -0.2) is 13.8 Å². The number of hydrogen-bond donors (Lipinski definition) is 2. The summed E-state index contributed by atoms with van der Waals surface area (Å²) in [5, 5.41) is 17.1. The van der Waals surface area contributed by atoms with Crippen LogP contribution in [-0.2, 0) is 20.1 Å². The summed E-state index contributed by atoms with van der Waals surface area (Å²) in [7, 11) is 1.92. The van der Waals surface area contributed by atoms with E-state index >= 15 is 0 Å². The molecule has 0 atom stereocenters. The molecule has 2 aromatic heterocycles. The quantitative estimate of drug-likeness (QED) is 0.540. The number of piperidine rings is 1. The van der Waals surface area contributed by atoms with Crippen molar-refractivity contribution in [3.63, 3.8) is 0 Å². The molecule has 0 unspecified atom stereocenters. The van der Waals surface area contributed by atoms with Crippen molar-refractivity contribution in [2.45, 2.75) is 45.3 Å². The van der Waals surface area contributed by atoms with Gasteiger partial charge in [0.05, 0.1) is 13.1 Å². The predicted octanol–water partition coefficient (Wildman–Crippen LogP) is 2.15. The molecule has 3 heterocycles. The maximum Gasteiger partial charge on any atom is 0.251 e. The molecule has 0 spiro atoms. The molecule has 28 heavy (non-hydrogen) atoms. The van der Waals surface area contributed by atoms with Gasteiger partial charge in [0.15, 0.2) is 11.8 Å². The molecule has 0 aromatic carbocycles. The molecule has 7 nitrogen and oxygen atoms in total. The van der Waals surface area contributed by atoms with E-state index in [9.17, 15) is 8.78 Å². The van der Waals surface area contributed by atoms with Gasteiger partial charge in [0.2, 0.25) is 0 Å². The highest BCUT2D eigenvalue weighted by molar-refractivity contribution is 7.09. The summed E-state index contributed by atoms with van der Waals surface area (Å²) in [5.41, 5.74) is 0. The monoisotopic (exact) mass is 411 g/mol. The van der Waals surface area contributed by atoms with Crippen molar-refractivity contribution in [1.82, 2.24) is 30.3 Å². The first-order valence-corrected chi connectivity index (χ1v) is 10.3. The van der Waals surface area contributed by atoms with E-state index in [1.54, 1.807) is 11.3 Å². The Morgan fingerprint density at radius 1 is 1.36 bits per heavy atom. The van der Waals surface area contributed by atoms with Crippen LogP contribution in [0.15, 0.2) is 22.5 Å². The van der Waals surface area contributed by atoms with Crippen molar-refractivity contribution in [2.75, 3.05) is 19.6 Å². The van der Waals surface area contributed by atoms with Crippen LogP contribution >= 0.6 is 11.3 Å². The van der Waals surface area contributed by atoms with Crippen LogP contribution in [0.3, 0.4) is 0 Å². The number of rotatable bonds is 7. The van der Waals surface area contributed by atoms with Gasteiger partial charge >= 0.3 is 0 Å². The Morgan fingerprint density at radius 3 is 2.75 bits per heavy atom. The summed E-state index contributed by atoms with van der Waals surface area (Å²) in [6.07, 6.45) is -0.644. The Morgan fingerprint density at radius 2 is 2.14 bits per heavy atom. The van der Waals surface area contributed by atoms with Crippen LogP contribution < -0.4 is 10.6 Å². The lowest BCUT2D eigenvalue weighted by Gasteiger charge is -2.32. The van der Waals surface area contributed by atoms with Crippen molar-refractivity contribution in [3.05, 3.63) is 34.0 Å². The number of aliphatic imine (C=N–C) groups is 1. The molecule has 1 saturated heterocycles. The molecular formula is C18H27F2N7S. The number of halogens is 2. The fourth-order valence-corrected chi connectivity index (χ4v) is 3.77. The Hall–Kier alpha value is -2.07. The van der Waals surface area contributed by atoms with Crippen molar-refractivity contribution in [2.24, 2.45) is 12.0 Å². The number of nitrogens with one attached hydrogen (secondary N) is 2. The van der Waals surface area contributed by atoms with Crippen molar-refractivity contribution < 1.29 is 8.78 Å². The second-order valence-electron chi connectivity index (χ2n) is 6.93. The van der Waals surface area contributed by atoms with Crippen molar-refractivity contribution in [3.8, 4) is 0 Å². The highest BCUT2D eigenvalue weighted by atomic mass is 32.1. The average molecular weight is 412 g/mol. The SMILES string of the molecule is Cc1nnc(CN=C(NCc2cccs2)NC2CCN(CC(F)F)CC2)n1C. The van der Waals surface area contributed by atoms with E-state index in [-0.39, 0.29) is 12.6 Å². The molecule has 1 fully saturated rings. The van der Waals surface area contributed by atoms with E-state index in [0.29, 0.717) is 32.1 Å². The summed E-state index contributed by atoms with van der Waals surface area (Å²) < 4.78 is 27.0. The zero-order valence-electron chi connectivity index (χ0n) is 16.2. The number of aryl methyl sites for hydroxylation is 1. The highest BCUT2D eigenvalue weighted by Gasteiger charge is 2.22. The van der Waals surface area contributed by atoms with E-state index in [4.69, 9.17) is 0 Å². The summed E-state index contributed by atoms with van der Waals surface area (Å²) in [5.74, 6) is 2.35. The van der Waals surface area contributed by atoms with Crippen LogP contribution in [0.5, 0.6) is 0 Å². The topological polar surface area (TPSA) is 70.4 Å². The third-order valence-corrected chi connectivity index (χ3v) is 5.77. The molecular weight excluding hydrogens is 384 g/mol. The summed E-state index contributed by atoms with van der Waals surface area (Å²) in [4.78, 5) is 7.71. The third-order valence-electron chi connectivity index (χ3n) is 4.90. The first kappa shape index (κ1) is 20.7. The standard InChI is InChI=1S/C18H27F2N7S/c1-13-24-25-17(26(13)2)11-22-18(21-10-15-4-3-9-28-15)23-14-5-7-27(8-6-14)12-16(19)20/h3-4,9,14,16H,5-8,10-12H2,1-2H3,(H2,21,22,23). The molecule has 2 aromatic rings. The Kier molecular flexibility index (Phi) is 7.32. The highest BCUT2D eigenvalue weighted by Crippen LogP contribution is 2.12. The first-order valence-electron chi connectivity index (χ1n) is 9.44. The Bertz CT molecular complexity index is 752. The molecule has 2 N–H and O–H groups in total. The lowest BCUT2D eigenvalue weighted by atomic mass is 10.1. The number of nitrogens with zero attached hydrogens (tertiary/aromatic N) is 5. The van der Waals surface area contributed by atoms with Crippen molar-refractivity contribution >= 4 is 17.3 Å². The van der Waals surface area contributed by atoms with E-state index in [1.165, 1.54) is 4.88 Å². The van der Waals surface area contributed by atoms with Gasteiger partial charge < -0.3 is 15.2 Å². The van der Waals surface area contributed by atoms with Crippen LogP contribution in [-0.4, -0.2) is 57.7 Å². The zero-order chi connectivity index (χ0) is 19.9. The summed E-state index contributed by atoms with van der Waals surface area (Å²) >= 11 is 1.69. The van der Waals surface area contributed by atoms with Gasteiger partial charge in [-0.05, 0) is 31.2 Å². The van der Waals surface area contributed by atoms with E-state index in [2.05, 4.69) is 31.9 Å². The number of aromatic nitrogens is 3. The van der Waals surface area contributed by atoms with Crippen LogP contribution in [0.1, 0.15) is 29.4 Å². The first-order chi connectivity index (χ1) is 13.5. The maximum atomic E-state index is 12.6. The van der Waals surface area contributed by atoms with Gasteiger partial charge in [-0.3, -0.25) is 4.90 Å². The number of hydrogen-bond acceptors (Lipinski definition) is 5. The zero-order valence-corrected chi connectivity index (χ0v) is 17.1. The fraction of sp³-hybridized carbons (Fsp3) is 0.611. The lowest BCUT2D eigenvalue weighted by Crippen LogP contribution is -2.49. The number of guanidine groups is 1. The molecule has 0 amide bonds. The predicted molar refractivity (Wildman–Crippen MR) is 107 cm³/mol. The Labute approximate surface area is 167 Å². The maximum absolute atomic E-state index is 12.6. The molecule has 10 heteroatoms. The molecule has 154 valence electrons. The third kappa shape index (κ3) is 5.96. The smallest absolute Gasteiger partial charge is 0.251 e. The van der Waals surface area contributed by atoms with Gasteiger partial charge in [0, 0.05) is 31.1 Å². The second-order valence-corrected chi connectivity index (χ2v) is 7.96. The minimum atomic E-state index is -2.27. The minimum Gasteiger partial charge on any atom is -0.354 e. The molecule has 0 aliphatic carbocycles. The number of alkyl halides is 2. The van der Waals surface area contributed by atoms with Gasteiger partial charge in [-0.1, -0.05) is 6.07 Å². The lowest BCUT2D eigenvalue weighted by molar-refractivity contribution is 0.0744. The molecule has 1 aliphatic heterocycles. The fourth-order valence-electron chi connectivity index (χ4n) is 3.12. The number of likely N-dealkylation sites (tertiary alicyclic amines) is 1. The average Bonchev–Trinajstić information content (AvgIpc) is 3.30. The summed E-state index contributed by atoms with van der Waals surface area (Å²) in [6.45, 7) is 4.20. The molecule has 3 rings (SSSR count). The Balaban J connectivity index is 1.59. The van der Waals surface area contributed by atoms with E-state index in [1.807, 2.05) is 34.9 Å². The van der Waals surface area contributed by atoms with Gasteiger partial charge in [0.25, 0.3) is 6.43 Å². The minimum absolute atomic E-state index is 0.143. The van der Waals surface area contributed by atoms with Crippen LogP contribution in [0, 0.1) is 6.92 Å². The summed E-state index contributed by atoms with van der Waals surface area (Å²) in [6, 6.07) is 4.31. The van der Waals surface area contributed by atoms with Crippen LogP contribution in [0.25, 0.3) is 0 Å². The van der Waals surface area contributed by atoms with Crippen molar-refractivity contribution in [1.29, 1.82) is 0 Å². The van der Waals surface area contributed by atoms with E-state index < -0.39 is 6.43 Å². The van der Waals surface area contributed by atoms with Gasteiger partial charge in [-0.2, -0.15) is 0 Å². The van der Waals surface area contributed by atoms with Crippen LogP contribution in [0.2, 0.25) is 0 Å². The normalized spacial score (nSPS) is 16.7. The van der Waals surface area contributed by atoms with E-state index in [0.717, 1.165) is 24.5 Å². The molecule has 1 aliphatic rings. The molecule has 0 saturated carbocycles. The molecule has 0 bridgehead atoms. The van der Waals surface area contributed by atoms with Gasteiger partial charge in [-0.15, -0.1) is 21.5 Å². The molecule has 0 radical (unpaired) electrons. The van der Waals surface area contributed by atoms with Gasteiger partial charge in [0.1, 0.15) is 12.4 Å². The second kappa shape index (κ2) is 9.92. The largest absolute Gasteiger partial charge is 0.354 e.